The average molecular weight is 512 g/mol. The van der Waals surface area contributed by atoms with E-state index in [9.17, 15) is 5.11 Å². The van der Waals surface area contributed by atoms with Crippen LogP contribution >= 0.6 is 11.6 Å². The Bertz CT molecular complexity index is 1070. The van der Waals surface area contributed by atoms with Gasteiger partial charge in [-0.15, -0.1) is 0 Å². The zero-order valence-electron chi connectivity index (χ0n) is 23.6. The summed E-state index contributed by atoms with van der Waals surface area (Å²) in [6.07, 6.45) is 5.65. The summed E-state index contributed by atoms with van der Waals surface area (Å²) in [7, 11) is 0. The van der Waals surface area contributed by atoms with Gasteiger partial charge in [-0.2, -0.15) is 0 Å². The normalized spacial score (nSPS) is 28.3. The minimum atomic E-state index is -0.488. The lowest BCUT2D eigenvalue weighted by Crippen LogP contribution is -2.34. The van der Waals surface area contributed by atoms with Crippen LogP contribution in [0.1, 0.15) is 139 Å². The quantitative estimate of drug-likeness (QED) is 0.446. The number of benzene rings is 1. The monoisotopic (exact) mass is 511 g/mol. The van der Waals surface area contributed by atoms with Gasteiger partial charge in [0.2, 0.25) is 0 Å². The summed E-state index contributed by atoms with van der Waals surface area (Å²) in [4.78, 5) is 5.24. The minimum Gasteiger partial charge on any atom is -0.388 e. The minimum absolute atomic E-state index is 0.0470. The number of fused-ring (bicyclic) bond motifs is 4. The molecule has 2 aromatic rings. The SMILES string of the molecule is CC(C)c1nc2c(c3c1C(c1ccc(Cl)cc1)OC31CCCC1C)C(O)CC(C)(C)C2.CCC(C)C. The third-order valence-electron chi connectivity index (χ3n) is 8.64. The van der Waals surface area contributed by atoms with Gasteiger partial charge in [-0.3, -0.25) is 4.98 Å². The molecule has 4 unspecified atom stereocenters. The van der Waals surface area contributed by atoms with Crippen molar-refractivity contribution in [1.82, 2.24) is 4.98 Å². The fraction of sp³-hybridized carbons (Fsp3) is 0.656. The summed E-state index contributed by atoms with van der Waals surface area (Å²) in [5.41, 5.74) is 6.61. The zero-order chi connectivity index (χ0) is 26.4. The maximum Gasteiger partial charge on any atom is 0.111 e. The number of aliphatic hydroxyl groups excluding tert-OH is 1. The van der Waals surface area contributed by atoms with Crippen LogP contribution in [-0.2, 0) is 16.8 Å². The maximum absolute atomic E-state index is 11.4. The molecule has 4 atom stereocenters. The van der Waals surface area contributed by atoms with Gasteiger partial charge in [-0.1, -0.05) is 85.5 Å². The summed E-state index contributed by atoms with van der Waals surface area (Å²) in [6, 6.07) is 8.06. The van der Waals surface area contributed by atoms with Crippen molar-refractivity contribution < 1.29 is 9.84 Å². The molecule has 1 N–H and O–H groups in total. The Morgan fingerprint density at radius 1 is 1.11 bits per heavy atom. The molecule has 3 nitrogen and oxygen atoms in total. The topological polar surface area (TPSA) is 42.4 Å². The average Bonchev–Trinajstić information content (AvgIpc) is 3.34. The van der Waals surface area contributed by atoms with Crippen LogP contribution in [0.3, 0.4) is 0 Å². The van der Waals surface area contributed by atoms with Gasteiger partial charge in [0.25, 0.3) is 0 Å². The van der Waals surface area contributed by atoms with Crippen LogP contribution < -0.4 is 0 Å². The second-order valence-corrected chi connectivity index (χ2v) is 13.3. The van der Waals surface area contributed by atoms with Crippen molar-refractivity contribution >= 4 is 11.6 Å². The number of nitrogens with zero attached hydrogens (tertiary/aromatic N) is 1. The van der Waals surface area contributed by atoms with E-state index in [0.717, 1.165) is 65.6 Å². The van der Waals surface area contributed by atoms with Crippen LogP contribution in [0.5, 0.6) is 0 Å². The number of halogens is 1. The predicted octanol–water partition coefficient (Wildman–Crippen LogP) is 9.05. The molecule has 1 fully saturated rings. The summed E-state index contributed by atoms with van der Waals surface area (Å²) in [5, 5.41) is 12.1. The first-order chi connectivity index (χ1) is 16.9. The Morgan fingerprint density at radius 2 is 1.75 bits per heavy atom. The van der Waals surface area contributed by atoms with E-state index in [1.54, 1.807) is 0 Å². The Balaban J connectivity index is 0.000000556. The van der Waals surface area contributed by atoms with Crippen LogP contribution in [-0.4, -0.2) is 10.1 Å². The van der Waals surface area contributed by atoms with Crippen LogP contribution in [0.15, 0.2) is 24.3 Å². The molecule has 1 saturated carbocycles. The molecule has 0 bridgehead atoms. The van der Waals surface area contributed by atoms with Crippen LogP contribution in [0.4, 0.5) is 0 Å². The summed E-state index contributed by atoms with van der Waals surface area (Å²) in [6.45, 7) is 17.9. The van der Waals surface area contributed by atoms with Gasteiger partial charge in [-0.05, 0) is 78.5 Å². The highest BCUT2D eigenvalue weighted by Crippen LogP contribution is 2.61. The molecule has 0 saturated heterocycles. The smallest absolute Gasteiger partial charge is 0.111 e. The maximum atomic E-state index is 11.4. The van der Waals surface area contributed by atoms with E-state index in [4.69, 9.17) is 21.3 Å². The van der Waals surface area contributed by atoms with Gasteiger partial charge in [0.1, 0.15) is 6.10 Å². The molecule has 5 rings (SSSR count). The Kier molecular flexibility index (Phi) is 7.97. The molecule has 1 aromatic carbocycles. The highest BCUT2D eigenvalue weighted by atomic mass is 35.5. The van der Waals surface area contributed by atoms with Gasteiger partial charge < -0.3 is 9.84 Å². The van der Waals surface area contributed by atoms with Crippen molar-refractivity contribution in [2.24, 2.45) is 17.3 Å². The number of pyridine rings is 1. The molecule has 1 aromatic heterocycles. The molecule has 1 spiro atoms. The molecular formula is C32H46ClNO2. The Morgan fingerprint density at radius 3 is 2.28 bits per heavy atom. The van der Waals surface area contributed by atoms with Gasteiger partial charge in [-0.25, -0.2) is 0 Å². The van der Waals surface area contributed by atoms with E-state index in [-0.39, 0.29) is 23.0 Å². The molecule has 36 heavy (non-hydrogen) atoms. The van der Waals surface area contributed by atoms with Crippen molar-refractivity contribution in [1.29, 1.82) is 0 Å². The van der Waals surface area contributed by atoms with E-state index in [2.05, 4.69) is 67.5 Å². The van der Waals surface area contributed by atoms with Crippen LogP contribution in [0.25, 0.3) is 0 Å². The zero-order valence-corrected chi connectivity index (χ0v) is 24.4. The Labute approximate surface area is 224 Å². The predicted molar refractivity (Wildman–Crippen MR) is 150 cm³/mol. The van der Waals surface area contributed by atoms with E-state index in [0.29, 0.717) is 5.92 Å². The van der Waals surface area contributed by atoms with Crippen molar-refractivity contribution in [3.63, 3.8) is 0 Å². The van der Waals surface area contributed by atoms with Crippen LogP contribution in [0, 0.1) is 17.3 Å². The molecule has 3 aliphatic rings. The van der Waals surface area contributed by atoms with Crippen molar-refractivity contribution in [2.75, 3.05) is 0 Å². The van der Waals surface area contributed by atoms with E-state index < -0.39 is 6.10 Å². The van der Waals surface area contributed by atoms with E-state index in [1.165, 1.54) is 17.5 Å². The molecule has 1 aliphatic heterocycles. The lowest BCUT2D eigenvalue weighted by atomic mass is 9.69. The van der Waals surface area contributed by atoms with E-state index in [1.807, 2.05) is 12.1 Å². The highest BCUT2D eigenvalue weighted by Gasteiger charge is 2.55. The standard InChI is InChI=1S/C27H34ClNO2.C5H12/c1-15(2)24-22-23(21-19(29-24)13-26(4,5)14-20(21)30)27(12-6-7-16(27)3)31-25(22)17-8-10-18(28)11-9-17;1-4-5(2)3/h8-11,15-16,20,25,30H,6-7,12-14H2,1-5H3;5H,4H2,1-3H3. The van der Waals surface area contributed by atoms with E-state index >= 15 is 0 Å². The molecule has 4 heteroatoms. The molecule has 0 amide bonds. The first-order valence-electron chi connectivity index (χ1n) is 14.1. The lowest BCUT2D eigenvalue weighted by Gasteiger charge is -2.39. The Hall–Kier alpha value is -1.42. The highest BCUT2D eigenvalue weighted by molar-refractivity contribution is 6.30. The van der Waals surface area contributed by atoms with Crippen molar-refractivity contribution in [3.8, 4) is 0 Å². The fourth-order valence-corrected chi connectivity index (χ4v) is 6.51. The van der Waals surface area contributed by atoms with Crippen molar-refractivity contribution in [3.05, 3.63) is 62.9 Å². The molecule has 2 heterocycles. The second-order valence-electron chi connectivity index (χ2n) is 12.9. The number of aliphatic hydroxyl groups is 1. The second kappa shape index (κ2) is 10.4. The first kappa shape index (κ1) is 27.6. The van der Waals surface area contributed by atoms with Crippen molar-refractivity contribution in [2.45, 2.75) is 118 Å². The summed E-state index contributed by atoms with van der Waals surface area (Å²) >= 11 is 6.20. The third kappa shape index (κ3) is 5.00. The molecule has 198 valence electrons. The fourth-order valence-electron chi connectivity index (χ4n) is 6.39. The lowest BCUT2D eigenvalue weighted by molar-refractivity contribution is -0.0842. The number of rotatable bonds is 3. The molecule has 0 radical (unpaired) electrons. The molecule has 2 aliphatic carbocycles. The number of ether oxygens (including phenoxy) is 1. The number of aromatic nitrogens is 1. The number of hydrogen-bond acceptors (Lipinski definition) is 3. The van der Waals surface area contributed by atoms with Gasteiger partial charge in [0.05, 0.1) is 11.7 Å². The summed E-state index contributed by atoms with van der Waals surface area (Å²) in [5.74, 6) is 1.58. The number of hydrogen-bond donors (Lipinski definition) is 1. The van der Waals surface area contributed by atoms with Gasteiger partial charge >= 0.3 is 0 Å². The largest absolute Gasteiger partial charge is 0.388 e. The third-order valence-corrected chi connectivity index (χ3v) is 8.89. The first-order valence-corrected chi connectivity index (χ1v) is 14.5. The van der Waals surface area contributed by atoms with Gasteiger partial charge in [0, 0.05) is 27.5 Å². The molecular weight excluding hydrogens is 466 g/mol. The van der Waals surface area contributed by atoms with Crippen LogP contribution in [0.2, 0.25) is 5.02 Å². The summed E-state index contributed by atoms with van der Waals surface area (Å²) < 4.78 is 7.08. The van der Waals surface area contributed by atoms with Gasteiger partial charge in [0.15, 0.2) is 0 Å².